The van der Waals surface area contributed by atoms with E-state index < -0.39 is 10.0 Å². The molecule has 3 aromatic rings. The van der Waals surface area contributed by atoms with E-state index in [1.54, 1.807) is 42.6 Å². The van der Waals surface area contributed by atoms with Crippen molar-refractivity contribution in [3.8, 4) is 0 Å². The van der Waals surface area contributed by atoms with Crippen molar-refractivity contribution >= 4 is 44.1 Å². The van der Waals surface area contributed by atoms with Crippen LogP contribution in [-0.4, -0.2) is 19.9 Å². The summed E-state index contributed by atoms with van der Waals surface area (Å²) in [6.07, 6.45) is 1.97. The van der Waals surface area contributed by atoms with Crippen LogP contribution in [0.5, 0.6) is 0 Å². The molecule has 0 amide bonds. The lowest BCUT2D eigenvalue weighted by Gasteiger charge is -2.10. The number of nitrogens with zero attached hydrogens (tertiary/aromatic N) is 1. The average Bonchev–Trinajstić information content (AvgIpc) is 2.57. The van der Waals surface area contributed by atoms with Crippen LogP contribution in [0.1, 0.15) is 5.56 Å². The summed E-state index contributed by atoms with van der Waals surface area (Å²) >= 11 is 12.2. The standard InChI is InChI=1S/C17H14Cl2N2O2S/c18-14-6-2-7-15(19)13(14)9-11-21-24(22,23)16-8-1-4-12-5-3-10-20-17(12)16/h1-8,10,21H,9,11H2. The van der Waals surface area contributed by atoms with E-state index >= 15 is 0 Å². The van der Waals surface area contributed by atoms with Crippen LogP contribution in [0.3, 0.4) is 0 Å². The van der Waals surface area contributed by atoms with Gasteiger partial charge >= 0.3 is 0 Å². The first kappa shape index (κ1) is 17.2. The molecule has 0 aliphatic carbocycles. The van der Waals surface area contributed by atoms with Crippen molar-refractivity contribution in [3.05, 3.63) is 70.3 Å². The predicted octanol–water partition coefficient (Wildman–Crippen LogP) is 4.06. The van der Waals surface area contributed by atoms with Crippen molar-refractivity contribution in [2.45, 2.75) is 11.3 Å². The zero-order valence-electron chi connectivity index (χ0n) is 12.5. The first-order valence-electron chi connectivity index (χ1n) is 7.25. The Morgan fingerprint density at radius 2 is 1.62 bits per heavy atom. The van der Waals surface area contributed by atoms with Gasteiger partial charge in [0.2, 0.25) is 10.0 Å². The molecule has 1 heterocycles. The Morgan fingerprint density at radius 1 is 0.958 bits per heavy atom. The molecule has 1 aromatic heterocycles. The summed E-state index contributed by atoms with van der Waals surface area (Å²) in [4.78, 5) is 4.34. The Bertz CT molecular complexity index is 965. The van der Waals surface area contributed by atoms with Crippen LogP contribution in [0, 0.1) is 0 Å². The molecule has 0 aliphatic heterocycles. The number of fused-ring (bicyclic) bond motifs is 1. The van der Waals surface area contributed by atoms with Crippen molar-refractivity contribution in [3.63, 3.8) is 0 Å². The number of pyridine rings is 1. The summed E-state index contributed by atoms with van der Waals surface area (Å²) in [5.74, 6) is 0. The number of halogens is 2. The lowest BCUT2D eigenvalue weighted by molar-refractivity contribution is 0.582. The quantitative estimate of drug-likeness (QED) is 0.725. The van der Waals surface area contributed by atoms with Crippen LogP contribution >= 0.6 is 23.2 Å². The molecule has 0 bridgehead atoms. The predicted molar refractivity (Wildman–Crippen MR) is 97.1 cm³/mol. The number of benzene rings is 2. The molecule has 0 saturated carbocycles. The number of hydrogen-bond donors (Lipinski definition) is 1. The summed E-state index contributed by atoms with van der Waals surface area (Å²) in [5.41, 5.74) is 1.17. The Morgan fingerprint density at radius 3 is 2.38 bits per heavy atom. The van der Waals surface area contributed by atoms with E-state index in [-0.39, 0.29) is 11.4 Å². The SMILES string of the molecule is O=S(=O)(NCCc1c(Cl)cccc1Cl)c1cccc2cccnc12. The number of para-hydroxylation sites is 1. The van der Waals surface area contributed by atoms with Crippen LogP contribution in [0.25, 0.3) is 10.9 Å². The zero-order valence-corrected chi connectivity index (χ0v) is 14.9. The second-order valence-corrected chi connectivity index (χ2v) is 7.73. The normalized spacial score (nSPS) is 11.8. The molecule has 4 nitrogen and oxygen atoms in total. The molecule has 124 valence electrons. The fourth-order valence-corrected chi connectivity index (χ4v) is 4.25. The summed E-state index contributed by atoms with van der Waals surface area (Å²) in [6.45, 7) is 0.189. The van der Waals surface area contributed by atoms with E-state index in [4.69, 9.17) is 23.2 Å². The van der Waals surface area contributed by atoms with Gasteiger partial charge in [0.25, 0.3) is 0 Å². The second-order valence-electron chi connectivity index (χ2n) is 5.18. The molecule has 2 aromatic carbocycles. The van der Waals surface area contributed by atoms with Crippen molar-refractivity contribution < 1.29 is 8.42 Å². The Kier molecular flexibility index (Phi) is 5.06. The third-order valence-electron chi connectivity index (χ3n) is 3.61. The fraction of sp³-hybridized carbons (Fsp3) is 0.118. The number of hydrogen-bond acceptors (Lipinski definition) is 3. The van der Waals surface area contributed by atoms with Crippen LogP contribution in [-0.2, 0) is 16.4 Å². The highest BCUT2D eigenvalue weighted by molar-refractivity contribution is 7.89. The maximum absolute atomic E-state index is 12.6. The minimum Gasteiger partial charge on any atom is -0.255 e. The van der Waals surface area contributed by atoms with E-state index in [0.29, 0.717) is 22.0 Å². The lowest BCUT2D eigenvalue weighted by Crippen LogP contribution is -2.26. The van der Waals surface area contributed by atoms with Crippen molar-refractivity contribution in [1.82, 2.24) is 9.71 Å². The topological polar surface area (TPSA) is 59.1 Å². The smallest absolute Gasteiger partial charge is 0.242 e. The average molecular weight is 381 g/mol. The van der Waals surface area contributed by atoms with Gasteiger partial charge in [-0.25, -0.2) is 13.1 Å². The van der Waals surface area contributed by atoms with Crippen LogP contribution in [0.2, 0.25) is 10.0 Å². The molecule has 0 aliphatic rings. The van der Waals surface area contributed by atoms with Crippen molar-refractivity contribution in [2.24, 2.45) is 0 Å². The largest absolute Gasteiger partial charge is 0.255 e. The van der Waals surface area contributed by atoms with Gasteiger partial charge in [-0.15, -0.1) is 0 Å². The molecule has 3 rings (SSSR count). The van der Waals surface area contributed by atoms with Gasteiger partial charge in [-0.05, 0) is 36.2 Å². The van der Waals surface area contributed by atoms with Crippen LogP contribution < -0.4 is 4.72 Å². The monoisotopic (exact) mass is 380 g/mol. The molecule has 7 heteroatoms. The highest BCUT2D eigenvalue weighted by Gasteiger charge is 2.18. The maximum Gasteiger partial charge on any atom is 0.242 e. The van der Waals surface area contributed by atoms with Gasteiger partial charge < -0.3 is 0 Å². The Labute approximate surface area is 150 Å². The van der Waals surface area contributed by atoms with Crippen LogP contribution in [0.15, 0.2) is 59.6 Å². The number of nitrogens with one attached hydrogen (secondary N) is 1. The Balaban J connectivity index is 1.81. The third kappa shape index (κ3) is 3.54. The van der Waals surface area contributed by atoms with Gasteiger partial charge in [0.05, 0.1) is 5.52 Å². The fourth-order valence-electron chi connectivity index (χ4n) is 2.45. The zero-order chi connectivity index (χ0) is 17.2. The summed E-state index contributed by atoms with van der Waals surface area (Å²) in [5, 5.41) is 1.82. The van der Waals surface area contributed by atoms with Gasteiger partial charge in [0.1, 0.15) is 4.90 Å². The lowest BCUT2D eigenvalue weighted by atomic mass is 10.1. The number of sulfonamides is 1. The Hall–Kier alpha value is -1.66. The van der Waals surface area contributed by atoms with Gasteiger partial charge in [0, 0.05) is 28.2 Å². The van der Waals surface area contributed by atoms with Crippen LogP contribution in [0.4, 0.5) is 0 Å². The van der Waals surface area contributed by atoms with E-state index in [1.807, 2.05) is 12.1 Å². The molecule has 0 radical (unpaired) electrons. The van der Waals surface area contributed by atoms with E-state index in [2.05, 4.69) is 9.71 Å². The molecule has 0 saturated heterocycles. The van der Waals surface area contributed by atoms with Gasteiger partial charge in [-0.2, -0.15) is 0 Å². The minimum absolute atomic E-state index is 0.158. The molecule has 0 unspecified atom stereocenters. The van der Waals surface area contributed by atoms with Gasteiger partial charge in [0.15, 0.2) is 0 Å². The summed E-state index contributed by atoms with van der Waals surface area (Å²) in [6, 6.07) is 13.9. The molecule has 0 spiro atoms. The molecule has 0 atom stereocenters. The molecular formula is C17H14Cl2N2O2S. The van der Waals surface area contributed by atoms with Gasteiger partial charge in [-0.1, -0.05) is 47.5 Å². The molecule has 24 heavy (non-hydrogen) atoms. The molecular weight excluding hydrogens is 367 g/mol. The minimum atomic E-state index is -3.68. The summed E-state index contributed by atoms with van der Waals surface area (Å²) in [7, 11) is -3.68. The van der Waals surface area contributed by atoms with E-state index in [0.717, 1.165) is 10.9 Å². The first-order valence-corrected chi connectivity index (χ1v) is 9.49. The van der Waals surface area contributed by atoms with Crippen molar-refractivity contribution in [1.29, 1.82) is 0 Å². The van der Waals surface area contributed by atoms with E-state index in [1.165, 1.54) is 0 Å². The first-order chi connectivity index (χ1) is 11.5. The summed E-state index contributed by atoms with van der Waals surface area (Å²) < 4.78 is 27.8. The highest BCUT2D eigenvalue weighted by Crippen LogP contribution is 2.25. The number of aromatic nitrogens is 1. The molecule has 0 fully saturated rings. The second kappa shape index (κ2) is 7.07. The van der Waals surface area contributed by atoms with Crippen molar-refractivity contribution in [2.75, 3.05) is 6.54 Å². The molecule has 1 N–H and O–H groups in total. The maximum atomic E-state index is 12.6. The third-order valence-corrected chi connectivity index (χ3v) is 5.81. The highest BCUT2D eigenvalue weighted by atomic mass is 35.5. The van der Waals surface area contributed by atoms with E-state index in [9.17, 15) is 8.42 Å². The van der Waals surface area contributed by atoms with Gasteiger partial charge in [-0.3, -0.25) is 4.98 Å². The number of rotatable bonds is 5.